The second kappa shape index (κ2) is 6.86. The molecule has 0 radical (unpaired) electrons. The number of anilines is 1. The van der Waals surface area contributed by atoms with Gasteiger partial charge in [0.1, 0.15) is 0 Å². The Morgan fingerprint density at radius 3 is 2.91 bits per heavy atom. The van der Waals surface area contributed by atoms with Crippen LogP contribution in [0.1, 0.15) is 5.56 Å². The Labute approximate surface area is 139 Å². The number of benzene rings is 1. The second-order valence-electron chi connectivity index (χ2n) is 4.20. The molecule has 22 heavy (non-hydrogen) atoms. The second-order valence-corrected chi connectivity index (χ2v) is 6.80. The standard InChI is InChI=1S/C13H11N5OS3/c19-10-6-7-14-12-18(10)17-11(22-12)15-16-13(20)21-8-9-4-2-1-3-5-9/h1-7H,8H2,(H,15,17)(H,16,20). The van der Waals surface area contributed by atoms with Gasteiger partial charge in [-0.2, -0.15) is 4.52 Å². The summed E-state index contributed by atoms with van der Waals surface area (Å²) in [5, 5.41) is 4.65. The number of hydrogen-bond acceptors (Lipinski definition) is 7. The van der Waals surface area contributed by atoms with Gasteiger partial charge in [0.15, 0.2) is 4.32 Å². The minimum Gasteiger partial charge on any atom is -0.283 e. The van der Waals surface area contributed by atoms with Crippen molar-refractivity contribution in [2.75, 3.05) is 5.43 Å². The Hall–Kier alpha value is -1.97. The van der Waals surface area contributed by atoms with Crippen molar-refractivity contribution >= 4 is 49.7 Å². The Morgan fingerprint density at radius 1 is 1.32 bits per heavy atom. The van der Waals surface area contributed by atoms with E-state index < -0.39 is 0 Å². The van der Waals surface area contributed by atoms with E-state index in [2.05, 4.69) is 33.1 Å². The summed E-state index contributed by atoms with van der Waals surface area (Å²) in [5.41, 5.74) is 6.78. The van der Waals surface area contributed by atoms with Gasteiger partial charge in [-0.05, 0) is 5.56 Å². The fourth-order valence-corrected chi connectivity index (χ4v) is 3.23. The molecule has 0 unspecified atom stereocenters. The lowest BCUT2D eigenvalue weighted by Gasteiger charge is -2.07. The van der Waals surface area contributed by atoms with E-state index in [1.54, 1.807) is 0 Å². The molecule has 3 aromatic rings. The molecular weight excluding hydrogens is 338 g/mol. The fourth-order valence-electron chi connectivity index (χ4n) is 1.66. The summed E-state index contributed by atoms with van der Waals surface area (Å²) >= 11 is 8.02. The minimum atomic E-state index is -0.213. The maximum atomic E-state index is 11.6. The van der Waals surface area contributed by atoms with Crippen LogP contribution < -0.4 is 16.4 Å². The summed E-state index contributed by atoms with van der Waals surface area (Å²) in [5.74, 6) is 0.787. The van der Waals surface area contributed by atoms with Gasteiger partial charge in [-0.25, -0.2) is 4.98 Å². The molecule has 112 valence electrons. The SMILES string of the molecule is O=c1ccnc2sc(NNC(=S)SCc3ccccc3)nn12. The van der Waals surface area contributed by atoms with E-state index in [0.717, 1.165) is 5.75 Å². The van der Waals surface area contributed by atoms with Gasteiger partial charge in [0, 0.05) is 18.0 Å². The first-order chi connectivity index (χ1) is 10.7. The quantitative estimate of drug-likeness (QED) is 0.553. The van der Waals surface area contributed by atoms with E-state index in [9.17, 15) is 4.79 Å². The van der Waals surface area contributed by atoms with Crippen LogP contribution in [0.5, 0.6) is 0 Å². The molecule has 0 saturated carbocycles. The van der Waals surface area contributed by atoms with Crippen molar-refractivity contribution < 1.29 is 0 Å². The highest BCUT2D eigenvalue weighted by Crippen LogP contribution is 2.16. The van der Waals surface area contributed by atoms with Gasteiger partial charge in [-0.1, -0.05) is 65.6 Å². The molecule has 0 aliphatic rings. The molecule has 0 amide bonds. The maximum absolute atomic E-state index is 11.6. The number of nitrogens with zero attached hydrogens (tertiary/aromatic N) is 3. The summed E-state index contributed by atoms with van der Waals surface area (Å²) in [6, 6.07) is 11.4. The lowest BCUT2D eigenvalue weighted by Crippen LogP contribution is -2.25. The van der Waals surface area contributed by atoms with Gasteiger partial charge in [0.05, 0.1) is 0 Å². The number of hydrogen-bond donors (Lipinski definition) is 2. The normalized spacial score (nSPS) is 10.5. The molecule has 6 nitrogen and oxygen atoms in total. The Bertz CT molecular complexity index is 846. The average Bonchev–Trinajstić information content (AvgIpc) is 2.96. The van der Waals surface area contributed by atoms with Gasteiger partial charge >= 0.3 is 0 Å². The Balaban J connectivity index is 1.56. The van der Waals surface area contributed by atoms with Crippen molar-refractivity contribution in [3.8, 4) is 0 Å². The first kappa shape index (κ1) is 14.9. The van der Waals surface area contributed by atoms with Crippen LogP contribution >= 0.6 is 35.3 Å². The number of thioether (sulfide) groups is 1. The monoisotopic (exact) mass is 349 g/mol. The molecule has 9 heteroatoms. The van der Waals surface area contributed by atoms with Gasteiger partial charge in [-0.15, -0.1) is 5.10 Å². The van der Waals surface area contributed by atoms with Crippen LogP contribution in [0.4, 0.5) is 5.13 Å². The highest BCUT2D eigenvalue weighted by atomic mass is 32.2. The predicted molar refractivity (Wildman–Crippen MR) is 94.2 cm³/mol. The fraction of sp³-hybridized carbons (Fsp3) is 0.0769. The van der Waals surface area contributed by atoms with Gasteiger partial charge in [0.2, 0.25) is 10.1 Å². The van der Waals surface area contributed by atoms with Gasteiger partial charge in [-0.3, -0.25) is 15.6 Å². The van der Waals surface area contributed by atoms with Gasteiger partial charge < -0.3 is 0 Å². The van der Waals surface area contributed by atoms with Crippen LogP contribution in [-0.2, 0) is 5.75 Å². The largest absolute Gasteiger partial charge is 0.283 e. The third-order valence-electron chi connectivity index (χ3n) is 2.66. The number of rotatable bonds is 4. The molecule has 0 aliphatic carbocycles. The first-order valence-corrected chi connectivity index (χ1v) is 8.51. The molecule has 0 aliphatic heterocycles. The summed E-state index contributed by atoms with van der Waals surface area (Å²) in [6.45, 7) is 0. The zero-order valence-electron chi connectivity index (χ0n) is 11.2. The number of thiocarbonyl (C=S) groups is 1. The number of nitrogens with one attached hydrogen (secondary N) is 2. The molecule has 2 N–H and O–H groups in total. The summed E-state index contributed by atoms with van der Waals surface area (Å²) < 4.78 is 1.85. The molecule has 0 spiro atoms. The molecule has 2 aromatic heterocycles. The van der Waals surface area contributed by atoms with Crippen LogP contribution in [-0.4, -0.2) is 18.9 Å². The summed E-state index contributed by atoms with van der Waals surface area (Å²) in [7, 11) is 0. The third kappa shape index (κ3) is 3.62. The van der Waals surface area contributed by atoms with E-state index in [1.165, 1.54) is 45.4 Å². The summed E-state index contributed by atoms with van der Waals surface area (Å²) in [4.78, 5) is 16.2. The van der Waals surface area contributed by atoms with Crippen molar-refractivity contribution in [1.82, 2.24) is 20.0 Å². The highest BCUT2D eigenvalue weighted by Gasteiger charge is 2.06. The Kier molecular flexibility index (Phi) is 4.66. The maximum Gasteiger partial charge on any atom is 0.275 e. The molecule has 2 heterocycles. The van der Waals surface area contributed by atoms with Crippen LogP contribution in [0.15, 0.2) is 47.4 Å². The van der Waals surface area contributed by atoms with E-state index in [-0.39, 0.29) is 5.56 Å². The van der Waals surface area contributed by atoms with Gasteiger partial charge in [0.25, 0.3) is 5.56 Å². The third-order valence-corrected chi connectivity index (χ3v) is 4.79. The van der Waals surface area contributed by atoms with Crippen molar-refractivity contribution in [3.63, 3.8) is 0 Å². The van der Waals surface area contributed by atoms with Crippen molar-refractivity contribution in [1.29, 1.82) is 0 Å². The molecule has 3 rings (SSSR count). The van der Waals surface area contributed by atoms with E-state index in [0.29, 0.717) is 14.4 Å². The highest BCUT2D eigenvalue weighted by molar-refractivity contribution is 8.22. The van der Waals surface area contributed by atoms with Crippen molar-refractivity contribution in [2.45, 2.75) is 5.75 Å². The topological polar surface area (TPSA) is 71.3 Å². The smallest absolute Gasteiger partial charge is 0.275 e. The molecule has 1 aromatic carbocycles. The lowest BCUT2D eigenvalue weighted by molar-refractivity contribution is 0.894. The van der Waals surface area contributed by atoms with Crippen molar-refractivity contribution in [2.24, 2.45) is 0 Å². The van der Waals surface area contributed by atoms with Crippen LogP contribution in [0.25, 0.3) is 4.96 Å². The molecule has 0 atom stereocenters. The number of fused-ring (bicyclic) bond motifs is 1. The van der Waals surface area contributed by atoms with E-state index in [1.807, 2.05) is 18.2 Å². The number of aromatic nitrogens is 3. The lowest BCUT2D eigenvalue weighted by atomic mass is 10.2. The minimum absolute atomic E-state index is 0.213. The van der Waals surface area contributed by atoms with Crippen LogP contribution in [0.3, 0.4) is 0 Å². The number of hydrazine groups is 1. The van der Waals surface area contributed by atoms with Crippen molar-refractivity contribution in [3.05, 3.63) is 58.5 Å². The van der Waals surface area contributed by atoms with Crippen LogP contribution in [0, 0.1) is 0 Å². The zero-order chi connectivity index (χ0) is 15.4. The summed E-state index contributed by atoms with van der Waals surface area (Å²) in [6.07, 6.45) is 1.47. The molecule has 0 bridgehead atoms. The first-order valence-electron chi connectivity index (χ1n) is 6.30. The molecular formula is C13H11N5OS3. The van der Waals surface area contributed by atoms with Crippen LogP contribution in [0.2, 0.25) is 0 Å². The Morgan fingerprint density at radius 2 is 2.14 bits per heavy atom. The van der Waals surface area contributed by atoms with E-state index >= 15 is 0 Å². The average molecular weight is 349 g/mol. The molecule has 0 fully saturated rings. The van der Waals surface area contributed by atoms with E-state index in [4.69, 9.17) is 12.2 Å². The molecule has 0 saturated heterocycles. The zero-order valence-corrected chi connectivity index (χ0v) is 13.7. The predicted octanol–water partition coefficient (Wildman–Crippen LogP) is 2.29.